The number of carbonyl (C=O) groups is 1. The van der Waals surface area contributed by atoms with Gasteiger partial charge in [0, 0.05) is 15.5 Å². The highest BCUT2D eigenvalue weighted by atomic mass is 79.9. The second-order valence-electron chi connectivity index (χ2n) is 4.67. The van der Waals surface area contributed by atoms with Gasteiger partial charge in [-0.2, -0.15) is 0 Å². The number of hydrogen-bond donors (Lipinski definition) is 2. The Morgan fingerprint density at radius 2 is 2.33 bits per heavy atom. The lowest BCUT2D eigenvalue weighted by atomic mass is 9.95. The van der Waals surface area contributed by atoms with Crippen LogP contribution in [0.5, 0.6) is 0 Å². The summed E-state index contributed by atoms with van der Waals surface area (Å²) in [6, 6.07) is 5.47. The zero-order valence-electron chi connectivity index (χ0n) is 10.2. The molecule has 98 valence electrons. The van der Waals surface area contributed by atoms with Gasteiger partial charge in [0.15, 0.2) is 0 Å². The molecule has 5 heteroatoms. The third-order valence-corrected chi connectivity index (χ3v) is 4.20. The fourth-order valence-corrected chi connectivity index (χ4v) is 2.74. The monoisotopic (exact) mass is 330 g/mol. The Balaban J connectivity index is 2.09. The van der Waals surface area contributed by atoms with Gasteiger partial charge >= 0.3 is 0 Å². The molecule has 1 aliphatic heterocycles. The SMILES string of the molecule is CC1CNCCC1NC(=O)c1cc(Cl)ccc1Br. The molecule has 2 rings (SSSR count). The van der Waals surface area contributed by atoms with E-state index in [0.29, 0.717) is 16.5 Å². The highest BCUT2D eigenvalue weighted by Crippen LogP contribution is 2.22. The molecule has 3 nitrogen and oxygen atoms in total. The first kappa shape index (κ1) is 13.8. The molecule has 0 saturated carbocycles. The lowest BCUT2D eigenvalue weighted by Gasteiger charge is -2.30. The molecule has 1 saturated heterocycles. The summed E-state index contributed by atoms with van der Waals surface area (Å²) in [6.45, 7) is 4.04. The number of piperidine rings is 1. The van der Waals surface area contributed by atoms with Gasteiger partial charge in [0.05, 0.1) is 5.56 Å². The zero-order valence-corrected chi connectivity index (χ0v) is 12.5. The van der Waals surface area contributed by atoms with Crippen molar-refractivity contribution in [1.29, 1.82) is 0 Å². The topological polar surface area (TPSA) is 41.1 Å². The second-order valence-corrected chi connectivity index (χ2v) is 5.96. The fraction of sp³-hybridized carbons (Fsp3) is 0.462. The van der Waals surface area contributed by atoms with Crippen LogP contribution in [0.2, 0.25) is 5.02 Å². The lowest BCUT2D eigenvalue weighted by molar-refractivity contribution is 0.0913. The van der Waals surface area contributed by atoms with Crippen molar-refractivity contribution in [2.45, 2.75) is 19.4 Å². The minimum Gasteiger partial charge on any atom is -0.349 e. The van der Waals surface area contributed by atoms with Gasteiger partial charge in [-0.15, -0.1) is 0 Å². The van der Waals surface area contributed by atoms with Gasteiger partial charge in [0.2, 0.25) is 0 Å². The first-order valence-electron chi connectivity index (χ1n) is 6.04. The number of rotatable bonds is 2. The summed E-state index contributed by atoms with van der Waals surface area (Å²) in [5, 5.41) is 6.97. The highest BCUT2D eigenvalue weighted by Gasteiger charge is 2.23. The zero-order chi connectivity index (χ0) is 13.1. The molecule has 1 aromatic carbocycles. The van der Waals surface area contributed by atoms with Crippen LogP contribution in [0.3, 0.4) is 0 Å². The maximum atomic E-state index is 12.2. The number of amides is 1. The maximum Gasteiger partial charge on any atom is 0.252 e. The molecule has 2 unspecified atom stereocenters. The Morgan fingerprint density at radius 1 is 1.56 bits per heavy atom. The molecule has 1 aromatic rings. The molecule has 0 bridgehead atoms. The van der Waals surface area contributed by atoms with Crippen LogP contribution in [0.4, 0.5) is 0 Å². The normalized spacial score (nSPS) is 23.7. The molecular formula is C13H16BrClN2O. The predicted octanol–water partition coefficient (Wildman–Crippen LogP) is 2.83. The molecule has 1 amide bonds. The summed E-state index contributed by atoms with van der Waals surface area (Å²) >= 11 is 9.30. The molecule has 1 heterocycles. The van der Waals surface area contributed by atoms with Crippen LogP contribution in [0, 0.1) is 5.92 Å². The second kappa shape index (κ2) is 6.04. The fourth-order valence-electron chi connectivity index (χ4n) is 2.15. The smallest absolute Gasteiger partial charge is 0.252 e. The Hall–Kier alpha value is -0.580. The van der Waals surface area contributed by atoms with E-state index >= 15 is 0 Å². The molecule has 0 aliphatic carbocycles. The number of nitrogens with one attached hydrogen (secondary N) is 2. The van der Waals surface area contributed by atoms with Crippen LogP contribution < -0.4 is 10.6 Å². The van der Waals surface area contributed by atoms with E-state index in [9.17, 15) is 4.79 Å². The van der Waals surface area contributed by atoms with Crippen molar-refractivity contribution in [2.75, 3.05) is 13.1 Å². The Bertz CT molecular complexity index is 453. The minimum atomic E-state index is -0.0666. The van der Waals surface area contributed by atoms with Gasteiger partial charge < -0.3 is 10.6 Å². The number of carbonyl (C=O) groups excluding carboxylic acids is 1. The van der Waals surface area contributed by atoms with Gasteiger partial charge in [0.25, 0.3) is 5.91 Å². The van der Waals surface area contributed by atoms with Gasteiger partial charge in [-0.25, -0.2) is 0 Å². The van der Waals surface area contributed by atoms with Crippen molar-refractivity contribution in [1.82, 2.24) is 10.6 Å². The quantitative estimate of drug-likeness (QED) is 0.875. The standard InChI is InChI=1S/C13H16BrClN2O/c1-8-7-16-5-4-12(8)17-13(18)10-6-9(15)2-3-11(10)14/h2-3,6,8,12,16H,4-5,7H2,1H3,(H,17,18). The van der Waals surface area contributed by atoms with Crippen molar-refractivity contribution in [3.8, 4) is 0 Å². The average molecular weight is 332 g/mol. The molecule has 0 spiro atoms. The summed E-state index contributed by atoms with van der Waals surface area (Å²) in [4.78, 5) is 12.2. The van der Waals surface area contributed by atoms with Crippen molar-refractivity contribution in [2.24, 2.45) is 5.92 Å². The van der Waals surface area contributed by atoms with E-state index in [4.69, 9.17) is 11.6 Å². The average Bonchev–Trinajstić information content (AvgIpc) is 2.35. The molecule has 2 atom stereocenters. The van der Waals surface area contributed by atoms with E-state index < -0.39 is 0 Å². The summed E-state index contributed by atoms with van der Waals surface area (Å²) in [7, 11) is 0. The molecule has 1 aliphatic rings. The van der Waals surface area contributed by atoms with Gasteiger partial charge in [-0.3, -0.25) is 4.79 Å². The number of benzene rings is 1. The third-order valence-electron chi connectivity index (χ3n) is 3.27. The number of hydrogen-bond acceptors (Lipinski definition) is 2. The summed E-state index contributed by atoms with van der Waals surface area (Å²) in [6.07, 6.45) is 0.963. The van der Waals surface area contributed by atoms with Gasteiger partial charge in [-0.05, 0) is 59.6 Å². The van der Waals surface area contributed by atoms with Gasteiger partial charge in [-0.1, -0.05) is 18.5 Å². The minimum absolute atomic E-state index is 0.0666. The lowest BCUT2D eigenvalue weighted by Crippen LogP contribution is -2.48. The van der Waals surface area contributed by atoms with E-state index in [1.165, 1.54) is 0 Å². The Kier molecular flexibility index (Phi) is 4.65. The Labute approximate surface area is 120 Å². The van der Waals surface area contributed by atoms with E-state index in [2.05, 4.69) is 33.5 Å². The molecule has 18 heavy (non-hydrogen) atoms. The van der Waals surface area contributed by atoms with E-state index in [1.54, 1.807) is 18.2 Å². The maximum absolute atomic E-state index is 12.2. The van der Waals surface area contributed by atoms with Crippen molar-refractivity contribution >= 4 is 33.4 Å². The van der Waals surface area contributed by atoms with Gasteiger partial charge in [0.1, 0.15) is 0 Å². The molecule has 0 radical (unpaired) electrons. The van der Waals surface area contributed by atoms with E-state index in [-0.39, 0.29) is 11.9 Å². The largest absolute Gasteiger partial charge is 0.349 e. The first-order chi connectivity index (χ1) is 8.58. The molecule has 2 N–H and O–H groups in total. The van der Waals surface area contributed by atoms with Crippen LogP contribution in [0.25, 0.3) is 0 Å². The molecule has 0 aromatic heterocycles. The highest BCUT2D eigenvalue weighted by molar-refractivity contribution is 9.10. The Morgan fingerprint density at radius 3 is 3.06 bits per heavy atom. The van der Waals surface area contributed by atoms with Crippen LogP contribution in [-0.2, 0) is 0 Å². The van der Waals surface area contributed by atoms with Crippen molar-refractivity contribution in [3.63, 3.8) is 0 Å². The van der Waals surface area contributed by atoms with Crippen molar-refractivity contribution < 1.29 is 4.79 Å². The molecular weight excluding hydrogens is 316 g/mol. The summed E-state index contributed by atoms with van der Waals surface area (Å²) in [5.41, 5.74) is 0.591. The summed E-state index contributed by atoms with van der Waals surface area (Å²) in [5.74, 6) is 0.379. The molecule has 1 fully saturated rings. The summed E-state index contributed by atoms with van der Waals surface area (Å²) < 4.78 is 0.769. The van der Waals surface area contributed by atoms with Crippen LogP contribution >= 0.6 is 27.5 Å². The van der Waals surface area contributed by atoms with E-state index in [0.717, 1.165) is 24.0 Å². The van der Waals surface area contributed by atoms with Crippen LogP contribution in [-0.4, -0.2) is 25.0 Å². The number of halogens is 2. The van der Waals surface area contributed by atoms with E-state index in [1.807, 2.05) is 0 Å². The van der Waals surface area contributed by atoms with Crippen LogP contribution in [0.1, 0.15) is 23.7 Å². The van der Waals surface area contributed by atoms with Crippen LogP contribution in [0.15, 0.2) is 22.7 Å². The van der Waals surface area contributed by atoms with Crippen molar-refractivity contribution in [3.05, 3.63) is 33.3 Å². The first-order valence-corrected chi connectivity index (χ1v) is 7.21. The third kappa shape index (κ3) is 3.25. The predicted molar refractivity (Wildman–Crippen MR) is 77.1 cm³/mol.